The fourth-order valence-electron chi connectivity index (χ4n) is 1.64. The molecule has 0 fully saturated rings. The van der Waals surface area contributed by atoms with E-state index in [0.717, 1.165) is 4.88 Å². The minimum Gasteiger partial charge on any atom is -0.454 e. The van der Waals surface area contributed by atoms with Gasteiger partial charge in [-0.2, -0.15) is 0 Å². The fraction of sp³-hybridized carbons (Fsp3) is 0.154. The first-order valence-corrected chi connectivity index (χ1v) is 6.22. The Morgan fingerprint density at radius 1 is 1.22 bits per heavy atom. The Balaban J connectivity index is 1.78. The van der Waals surface area contributed by atoms with E-state index >= 15 is 0 Å². The summed E-state index contributed by atoms with van der Waals surface area (Å²) in [6.45, 7) is 2.15. The number of esters is 1. The molecule has 0 amide bonds. The van der Waals surface area contributed by atoms with Gasteiger partial charge in [0, 0.05) is 10.9 Å². The molecular formula is C13H10O4S. The third-order valence-corrected chi connectivity index (χ3v) is 3.48. The van der Waals surface area contributed by atoms with E-state index in [-0.39, 0.29) is 12.8 Å². The lowest BCUT2D eigenvalue weighted by molar-refractivity contribution is 0.0739. The van der Waals surface area contributed by atoms with Crippen LogP contribution in [0.2, 0.25) is 0 Å². The summed E-state index contributed by atoms with van der Waals surface area (Å²) in [6, 6.07) is 8.72. The van der Waals surface area contributed by atoms with Crippen molar-refractivity contribution in [3.05, 3.63) is 40.1 Å². The number of rotatable bonds is 2. The van der Waals surface area contributed by atoms with E-state index < -0.39 is 0 Å². The van der Waals surface area contributed by atoms with Gasteiger partial charge in [-0.1, -0.05) is 0 Å². The minimum atomic E-state index is -0.355. The van der Waals surface area contributed by atoms with E-state index in [4.69, 9.17) is 14.2 Å². The molecule has 5 heteroatoms. The van der Waals surface area contributed by atoms with Crippen LogP contribution in [0.3, 0.4) is 0 Å². The van der Waals surface area contributed by atoms with E-state index in [2.05, 4.69) is 0 Å². The topological polar surface area (TPSA) is 44.8 Å². The predicted octanol–water partition coefficient (Wildman–Crippen LogP) is 3.00. The molecule has 2 aromatic rings. The van der Waals surface area contributed by atoms with Crippen LogP contribution in [0, 0.1) is 6.92 Å². The molecule has 1 aliphatic rings. The molecule has 0 atom stereocenters. The number of ether oxygens (including phenoxy) is 3. The Morgan fingerprint density at radius 3 is 2.83 bits per heavy atom. The summed E-state index contributed by atoms with van der Waals surface area (Å²) in [6.07, 6.45) is 0. The van der Waals surface area contributed by atoms with Gasteiger partial charge >= 0.3 is 5.97 Å². The second kappa shape index (κ2) is 4.34. The molecule has 1 aliphatic heterocycles. The molecule has 0 unspecified atom stereocenters. The maximum absolute atomic E-state index is 11.8. The SMILES string of the molecule is Cc1ccc(C(=O)Oc2ccc3c(c2)OCO3)s1. The molecule has 92 valence electrons. The lowest BCUT2D eigenvalue weighted by atomic mass is 10.3. The van der Waals surface area contributed by atoms with E-state index in [1.807, 2.05) is 13.0 Å². The van der Waals surface area contributed by atoms with E-state index in [1.54, 1.807) is 24.3 Å². The molecule has 0 N–H and O–H groups in total. The molecule has 4 nitrogen and oxygen atoms in total. The van der Waals surface area contributed by atoms with Crippen LogP contribution in [0.15, 0.2) is 30.3 Å². The molecule has 0 spiro atoms. The van der Waals surface area contributed by atoms with Crippen molar-refractivity contribution in [1.82, 2.24) is 0 Å². The Bertz CT molecular complexity index is 603. The summed E-state index contributed by atoms with van der Waals surface area (Å²) >= 11 is 1.41. The van der Waals surface area contributed by atoms with E-state index in [9.17, 15) is 4.79 Å². The number of benzene rings is 1. The Kier molecular flexibility index (Phi) is 2.68. The maximum Gasteiger partial charge on any atom is 0.353 e. The molecule has 0 aliphatic carbocycles. The highest BCUT2D eigenvalue weighted by atomic mass is 32.1. The third-order valence-electron chi connectivity index (χ3n) is 2.50. The lowest BCUT2D eigenvalue weighted by Crippen LogP contribution is -2.06. The van der Waals surface area contributed by atoms with Gasteiger partial charge in [0.25, 0.3) is 0 Å². The summed E-state index contributed by atoms with van der Waals surface area (Å²) in [5.74, 6) is 1.37. The van der Waals surface area contributed by atoms with Crippen LogP contribution < -0.4 is 14.2 Å². The Hall–Kier alpha value is -2.01. The van der Waals surface area contributed by atoms with E-state index in [1.165, 1.54) is 11.3 Å². The second-order valence-corrected chi connectivity index (χ2v) is 5.10. The smallest absolute Gasteiger partial charge is 0.353 e. The highest BCUT2D eigenvalue weighted by Crippen LogP contribution is 2.35. The van der Waals surface area contributed by atoms with Crippen LogP contribution in [0.4, 0.5) is 0 Å². The van der Waals surface area contributed by atoms with Crippen molar-refractivity contribution in [3.8, 4) is 17.2 Å². The number of fused-ring (bicyclic) bond motifs is 1. The standard InChI is InChI=1S/C13H10O4S/c1-8-2-5-12(18-8)13(14)17-9-3-4-10-11(6-9)16-7-15-10/h2-6H,7H2,1H3. The molecule has 18 heavy (non-hydrogen) atoms. The number of hydrogen-bond acceptors (Lipinski definition) is 5. The van der Waals surface area contributed by atoms with E-state index in [0.29, 0.717) is 22.1 Å². The molecule has 1 aromatic heterocycles. The Labute approximate surface area is 108 Å². The predicted molar refractivity (Wildman–Crippen MR) is 66.6 cm³/mol. The van der Waals surface area contributed by atoms with Crippen LogP contribution in [0.25, 0.3) is 0 Å². The molecule has 3 rings (SSSR count). The number of carbonyl (C=O) groups is 1. The zero-order valence-corrected chi connectivity index (χ0v) is 10.5. The second-order valence-electron chi connectivity index (χ2n) is 3.81. The summed E-state index contributed by atoms with van der Waals surface area (Å²) in [4.78, 5) is 13.5. The van der Waals surface area contributed by atoms with Gasteiger partial charge in [0.05, 0.1) is 0 Å². The first-order chi connectivity index (χ1) is 8.72. The van der Waals surface area contributed by atoms with Crippen LogP contribution in [-0.4, -0.2) is 12.8 Å². The Morgan fingerprint density at radius 2 is 2.06 bits per heavy atom. The first kappa shape index (κ1) is 11.1. The van der Waals surface area contributed by atoms with Crippen LogP contribution in [0.5, 0.6) is 17.2 Å². The quantitative estimate of drug-likeness (QED) is 0.616. The largest absolute Gasteiger partial charge is 0.454 e. The molecular weight excluding hydrogens is 252 g/mol. The highest BCUT2D eigenvalue weighted by molar-refractivity contribution is 7.13. The van der Waals surface area contributed by atoms with Crippen molar-refractivity contribution in [2.24, 2.45) is 0 Å². The minimum absolute atomic E-state index is 0.205. The van der Waals surface area contributed by atoms with Crippen molar-refractivity contribution in [2.75, 3.05) is 6.79 Å². The third kappa shape index (κ3) is 2.04. The molecule has 0 bridgehead atoms. The maximum atomic E-state index is 11.8. The van der Waals surface area contributed by atoms with Crippen molar-refractivity contribution in [2.45, 2.75) is 6.92 Å². The zero-order chi connectivity index (χ0) is 12.5. The molecule has 0 saturated heterocycles. The lowest BCUT2D eigenvalue weighted by Gasteiger charge is -2.03. The zero-order valence-electron chi connectivity index (χ0n) is 9.64. The van der Waals surface area contributed by atoms with Gasteiger partial charge in [-0.05, 0) is 31.2 Å². The number of thiophene rings is 1. The average molecular weight is 262 g/mol. The summed E-state index contributed by atoms with van der Waals surface area (Å²) in [7, 11) is 0. The van der Waals surface area contributed by atoms with Crippen molar-refractivity contribution in [1.29, 1.82) is 0 Å². The molecule has 2 heterocycles. The molecule has 0 saturated carbocycles. The number of hydrogen-bond donors (Lipinski definition) is 0. The average Bonchev–Trinajstić information content (AvgIpc) is 2.96. The molecule has 0 radical (unpaired) electrons. The highest BCUT2D eigenvalue weighted by Gasteiger charge is 2.16. The van der Waals surface area contributed by atoms with Gasteiger partial charge in [-0.3, -0.25) is 0 Å². The van der Waals surface area contributed by atoms with Gasteiger partial charge in [-0.15, -0.1) is 11.3 Å². The monoisotopic (exact) mass is 262 g/mol. The number of carbonyl (C=O) groups excluding carboxylic acids is 1. The van der Waals surface area contributed by atoms with Crippen molar-refractivity contribution < 1.29 is 19.0 Å². The summed E-state index contributed by atoms with van der Waals surface area (Å²) in [5.41, 5.74) is 0. The van der Waals surface area contributed by atoms with Crippen LogP contribution in [0.1, 0.15) is 14.5 Å². The van der Waals surface area contributed by atoms with Gasteiger partial charge in [0.2, 0.25) is 6.79 Å². The summed E-state index contributed by atoms with van der Waals surface area (Å²) in [5, 5.41) is 0. The summed E-state index contributed by atoms with van der Waals surface area (Å²) < 4.78 is 15.7. The van der Waals surface area contributed by atoms with Gasteiger partial charge < -0.3 is 14.2 Å². The van der Waals surface area contributed by atoms with Gasteiger partial charge in [0.15, 0.2) is 11.5 Å². The van der Waals surface area contributed by atoms with Crippen molar-refractivity contribution in [3.63, 3.8) is 0 Å². The van der Waals surface area contributed by atoms with Crippen LogP contribution >= 0.6 is 11.3 Å². The normalized spacial score (nSPS) is 12.5. The van der Waals surface area contributed by atoms with Gasteiger partial charge in [0.1, 0.15) is 10.6 Å². The number of aryl methyl sites for hydroxylation is 1. The first-order valence-electron chi connectivity index (χ1n) is 5.40. The molecule has 1 aromatic carbocycles. The van der Waals surface area contributed by atoms with Crippen LogP contribution in [-0.2, 0) is 0 Å². The fourth-order valence-corrected chi connectivity index (χ4v) is 2.39. The van der Waals surface area contributed by atoms with Gasteiger partial charge in [-0.25, -0.2) is 4.79 Å². The van der Waals surface area contributed by atoms with Crippen molar-refractivity contribution >= 4 is 17.3 Å².